The first-order chi connectivity index (χ1) is 30.2. The van der Waals surface area contributed by atoms with Crippen LogP contribution < -0.4 is 0 Å². The monoisotopic (exact) mass is 777 g/mol. The minimum absolute atomic E-state index is 0.627. The number of hydrogen-bond acceptors (Lipinski definition) is 4. The number of furan rings is 1. The lowest BCUT2D eigenvalue weighted by Gasteiger charge is -2.12. The Morgan fingerprint density at radius 2 is 0.672 bits per heavy atom. The summed E-state index contributed by atoms with van der Waals surface area (Å²) in [6.07, 6.45) is 0. The summed E-state index contributed by atoms with van der Waals surface area (Å²) in [6.45, 7) is 0. The van der Waals surface area contributed by atoms with E-state index >= 15 is 0 Å². The van der Waals surface area contributed by atoms with Crippen LogP contribution in [0.1, 0.15) is 0 Å². The molecule has 0 aliphatic rings. The van der Waals surface area contributed by atoms with E-state index in [4.69, 9.17) is 19.4 Å². The average molecular weight is 778 g/mol. The van der Waals surface area contributed by atoms with E-state index in [1.54, 1.807) is 0 Å². The Morgan fingerprint density at radius 3 is 1.25 bits per heavy atom. The van der Waals surface area contributed by atoms with Crippen molar-refractivity contribution < 1.29 is 4.42 Å². The van der Waals surface area contributed by atoms with E-state index in [0.717, 1.165) is 93.6 Å². The zero-order chi connectivity index (χ0) is 40.3. The van der Waals surface area contributed by atoms with E-state index in [-0.39, 0.29) is 0 Å². The molecule has 0 aliphatic heterocycles. The van der Waals surface area contributed by atoms with Gasteiger partial charge in [-0.25, -0.2) is 15.0 Å². The van der Waals surface area contributed by atoms with Gasteiger partial charge >= 0.3 is 0 Å². The summed E-state index contributed by atoms with van der Waals surface area (Å²) in [6, 6.07) is 74.8. The fraction of sp³-hybridized carbons (Fsp3) is 0. The van der Waals surface area contributed by atoms with Crippen LogP contribution in [0.4, 0.5) is 0 Å². The maximum absolute atomic E-state index is 6.31. The first kappa shape index (κ1) is 34.8. The lowest BCUT2D eigenvalue weighted by Crippen LogP contribution is -2.01. The van der Waals surface area contributed by atoms with E-state index in [1.807, 2.05) is 0 Å². The van der Waals surface area contributed by atoms with Crippen molar-refractivity contribution in [2.75, 3.05) is 0 Å². The lowest BCUT2D eigenvalue weighted by atomic mass is 9.95. The van der Waals surface area contributed by atoms with Gasteiger partial charge in [-0.05, 0) is 102 Å². The highest BCUT2D eigenvalue weighted by molar-refractivity contribution is 6.19. The van der Waals surface area contributed by atoms with Crippen LogP contribution in [0.3, 0.4) is 0 Å². The van der Waals surface area contributed by atoms with E-state index in [2.05, 4.69) is 212 Å². The Morgan fingerprint density at radius 1 is 0.262 bits per heavy atom. The molecule has 0 fully saturated rings. The van der Waals surface area contributed by atoms with Gasteiger partial charge in [-0.3, -0.25) is 0 Å². The summed E-state index contributed by atoms with van der Waals surface area (Å²) >= 11 is 0. The molecule has 4 nitrogen and oxygen atoms in total. The van der Waals surface area contributed by atoms with Crippen LogP contribution in [0.15, 0.2) is 217 Å². The van der Waals surface area contributed by atoms with Gasteiger partial charge in [0.25, 0.3) is 0 Å². The average Bonchev–Trinajstić information content (AvgIpc) is 3.72. The summed E-state index contributed by atoms with van der Waals surface area (Å²) in [4.78, 5) is 15.5. The van der Waals surface area contributed by atoms with Crippen molar-refractivity contribution in [3.63, 3.8) is 0 Å². The van der Waals surface area contributed by atoms with Gasteiger partial charge in [0.15, 0.2) is 17.5 Å². The van der Waals surface area contributed by atoms with E-state index in [1.165, 1.54) is 10.8 Å². The number of nitrogens with zero attached hydrogens (tertiary/aromatic N) is 3. The predicted molar refractivity (Wildman–Crippen MR) is 252 cm³/mol. The first-order valence-electron chi connectivity index (χ1n) is 20.6. The fourth-order valence-corrected chi connectivity index (χ4v) is 8.91. The Labute approximate surface area is 352 Å². The molecule has 0 atom stereocenters. The normalized spacial score (nSPS) is 11.6. The van der Waals surface area contributed by atoms with Crippen molar-refractivity contribution in [2.24, 2.45) is 0 Å². The number of aromatic nitrogens is 3. The van der Waals surface area contributed by atoms with Crippen LogP contribution in [0.25, 0.3) is 122 Å². The molecule has 0 saturated heterocycles. The molecule has 12 aromatic rings. The van der Waals surface area contributed by atoms with Gasteiger partial charge in [0, 0.05) is 27.5 Å². The quantitative estimate of drug-likeness (QED) is 0.169. The molecule has 0 N–H and O–H groups in total. The lowest BCUT2D eigenvalue weighted by molar-refractivity contribution is 0.669. The largest absolute Gasteiger partial charge is 0.456 e. The Bertz CT molecular complexity index is 3570. The Hall–Kier alpha value is -8.21. The molecule has 2 heterocycles. The van der Waals surface area contributed by atoms with E-state index in [0.29, 0.717) is 17.5 Å². The molecule has 4 heteroatoms. The molecule has 0 bridgehead atoms. The molecule has 0 aliphatic carbocycles. The predicted octanol–water partition coefficient (Wildman–Crippen LogP) is 15.2. The third-order valence-electron chi connectivity index (χ3n) is 11.9. The van der Waals surface area contributed by atoms with Crippen LogP contribution in [-0.2, 0) is 0 Å². The Balaban J connectivity index is 0.935. The zero-order valence-corrected chi connectivity index (χ0v) is 33.0. The van der Waals surface area contributed by atoms with Crippen molar-refractivity contribution in [3.05, 3.63) is 212 Å². The summed E-state index contributed by atoms with van der Waals surface area (Å²) in [5.74, 6) is 1.91. The minimum atomic E-state index is 0.627. The fourth-order valence-electron chi connectivity index (χ4n) is 8.91. The molecule has 284 valence electrons. The van der Waals surface area contributed by atoms with Crippen LogP contribution in [0.2, 0.25) is 0 Å². The van der Waals surface area contributed by atoms with E-state index < -0.39 is 0 Å². The summed E-state index contributed by atoms with van der Waals surface area (Å²) in [7, 11) is 0. The van der Waals surface area contributed by atoms with Gasteiger partial charge in [-0.1, -0.05) is 176 Å². The maximum atomic E-state index is 6.31. The zero-order valence-electron chi connectivity index (χ0n) is 33.0. The SMILES string of the molecule is c1cc(-c2cccc(-c3ccc4oc5ccc6ccccc6c5c4c3)c2)cc(-c2cccc(-c3nc(-c4cccc5ccccc45)nc(-c4cccc5ccccc45)n3)c2)c1. The third-order valence-corrected chi connectivity index (χ3v) is 11.9. The molecular formula is C57H35N3O. The van der Waals surface area contributed by atoms with Gasteiger partial charge in [-0.2, -0.15) is 0 Å². The molecular weight excluding hydrogens is 743 g/mol. The second kappa shape index (κ2) is 14.3. The molecule has 0 unspecified atom stereocenters. The standard InChI is InChI=1S/C57H35N3O/c1-4-23-46-36(12-1)15-10-26-49(46)56-58-55(59-57(60-56)50-27-11-16-37-13-2-5-24-47(37)50)45-22-9-21-43(34-45)41-19-7-17-39(32-41)40-18-8-20-42(33-40)44-29-30-52-51(35-44)54-48-25-6-3-14-38(48)28-31-53(54)61-52/h1-35H. The maximum Gasteiger partial charge on any atom is 0.164 e. The highest BCUT2D eigenvalue weighted by Gasteiger charge is 2.17. The topological polar surface area (TPSA) is 51.8 Å². The third kappa shape index (κ3) is 6.12. The smallest absolute Gasteiger partial charge is 0.164 e. The van der Waals surface area contributed by atoms with Crippen LogP contribution in [0, 0.1) is 0 Å². The first-order valence-corrected chi connectivity index (χ1v) is 20.6. The van der Waals surface area contributed by atoms with Crippen LogP contribution >= 0.6 is 0 Å². The van der Waals surface area contributed by atoms with Gasteiger partial charge in [0.2, 0.25) is 0 Å². The molecule has 0 spiro atoms. The van der Waals surface area contributed by atoms with Crippen LogP contribution in [0.5, 0.6) is 0 Å². The van der Waals surface area contributed by atoms with Gasteiger partial charge in [-0.15, -0.1) is 0 Å². The molecule has 0 saturated carbocycles. The second-order valence-corrected chi connectivity index (χ2v) is 15.6. The number of hydrogen-bond donors (Lipinski definition) is 0. The van der Waals surface area contributed by atoms with Gasteiger partial charge < -0.3 is 4.42 Å². The molecule has 10 aromatic carbocycles. The Kier molecular flexibility index (Phi) is 8.13. The van der Waals surface area contributed by atoms with Crippen molar-refractivity contribution in [3.8, 4) is 67.5 Å². The highest BCUT2D eigenvalue weighted by Crippen LogP contribution is 2.39. The highest BCUT2D eigenvalue weighted by atomic mass is 16.3. The van der Waals surface area contributed by atoms with Gasteiger partial charge in [0.1, 0.15) is 11.2 Å². The summed E-state index contributed by atoms with van der Waals surface area (Å²) < 4.78 is 6.31. The van der Waals surface area contributed by atoms with E-state index in [9.17, 15) is 0 Å². The van der Waals surface area contributed by atoms with Crippen molar-refractivity contribution in [2.45, 2.75) is 0 Å². The number of benzene rings is 10. The van der Waals surface area contributed by atoms with Gasteiger partial charge in [0.05, 0.1) is 0 Å². The number of fused-ring (bicyclic) bond motifs is 7. The second-order valence-electron chi connectivity index (χ2n) is 15.6. The molecule has 12 rings (SSSR count). The van der Waals surface area contributed by atoms with Crippen molar-refractivity contribution in [1.29, 1.82) is 0 Å². The number of rotatable bonds is 6. The minimum Gasteiger partial charge on any atom is -0.456 e. The van der Waals surface area contributed by atoms with Crippen molar-refractivity contribution in [1.82, 2.24) is 15.0 Å². The molecule has 0 amide bonds. The summed E-state index contributed by atoms with van der Waals surface area (Å²) in [5.41, 5.74) is 11.5. The molecule has 61 heavy (non-hydrogen) atoms. The molecule has 2 aromatic heterocycles. The van der Waals surface area contributed by atoms with Crippen molar-refractivity contribution >= 4 is 54.3 Å². The summed E-state index contributed by atoms with van der Waals surface area (Å²) in [5, 5.41) is 9.19. The molecule has 0 radical (unpaired) electrons. The van der Waals surface area contributed by atoms with Crippen LogP contribution in [-0.4, -0.2) is 15.0 Å².